The summed E-state index contributed by atoms with van der Waals surface area (Å²) in [4.78, 5) is 12.8. The highest BCUT2D eigenvalue weighted by Crippen LogP contribution is 2.38. The summed E-state index contributed by atoms with van der Waals surface area (Å²) in [6.45, 7) is 3.40. The average molecular weight is 383 g/mol. The van der Waals surface area contributed by atoms with Crippen LogP contribution in [0.3, 0.4) is 0 Å². The summed E-state index contributed by atoms with van der Waals surface area (Å²) in [5.41, 5.74) is 2.86. The van der Waals surface area contributed by atoms with E-state index in [2.05, 4.69) is 28.9 Å². The summed E-state index contributed by atoms with van der Waals surface area (Å²) in [6.07, 6.45) is 2.81. The van der Waals surface area contributed by atoms with Crippen LogP contribution in [-0.2, 0) is 13.0 Å². The lowest BCUT2D eigenvalue weighted by atomic mass is 10.1. The Balaban J connectivity index is 1.51. The Morgan fingerprint density at radius 2 is 2.07 bits per heavy atom. The van der Waals surface area contributed by atoms with Crippen LogP contribution in [0.5, 0.6) is 5.75 Å². The Bertz CT molecular complexity index is 965. The monoisotopic (exact) mass is 382 g/mol. The van der Waals surface area contributed by atoms with Crippen LogP contribution < -0.4 is 10.1 Å². The van der Waals surface area contributed by atoms with Gasteiger partial charge < -0.3 is 14.6 Å². The molecule has 0 saturated heterocycles. The summed E-state index contributed by atoms with van der Waals surface area (Å²) >= 11 is 6.36. The van der Waals surface area contributed by atoms with E-state index in [0.29, 0.717) is 23.8 Å². The Hall–Kier alpha value is -2.46. The van der Waals surface area contributed by atoms with Crippen LogP contribution in [0.15, 0.2) is 48.5 Å². The van der Waals surface area contributed by atoms with Gasteiger partial charge in [0.2, 0.25) is 0 Å². The zero-order valence-corrected chi connectivity index (χ0v) is 16.1. The maximum Gasteiger partial charge on any atom is 0.267 e. The highest BCUT2D eigenvalue weighted by molar-refractivity contribution is 6.36. The zero-order chi connectivity index (χ0) is 18.8. The normalized spacial score (nSPS) is 15.6. The van der Waals surface area contributed by atoms with Gasteiger partial charge in [-0.2, -0.15) is 0 Å². The molecule has 3 aromatic rings. The van der Waals surface area contributed by atoms with E-state index in [0.717, 1.165) is 35.9 Å². The standard InChI is InChI=1S/C22H23ClN2O2/c1-2-16-14-25-19(13-17-18(23)10-11-20(27-16)21(17)25)22(26)24-12-6-9-15-7-4-3-5-8-15/h3-5,7-8,10-11,13,16H,2,6,9,12,14H2,1H3,(H,24,26)/t16-/m0/s1. The van der Waals surface area contributed by atoms with Crippen molar-refractivity contribution in [2.24, 2.45) is 0 Å². The fourth-order valence-corrected chi connectivity index (χ4v) is 3.86. The molecule has 0 radical (unpaired) electrons. The number of benzene rings is 2. The highest BCUT2D eigenvalue weighted by Gasteiger charge is 2.26. The lowest BCUT2D eigenvalue weighted by molar-refractivity contribution is 0.0937. The zero-order valence-electron chi connectivity index (χ0n) is 15.4. The van der Waals surface area contributed by atoms with Crippen molar-refractivity contribution < 1.29 is 9.53 Å². The van der Waals surface area contributed by atoms with Gasteiger partial charge in [0.25, 0.3) is 5.91 Å². The number of halogens is 1. The van der Waals surface area contributed by atoms with Crippen molar-refractivity contribution >= 4 is 28.4 Å². The van der Waals surface area contributed by atoms with E-state index in [4.69, 9.17) is 16.3 Å². The number of hydrogen-bond donors (Lipinski definition) is 1. The molecular weight excluding hydrogens is 360 g/mol. The number of nitrogens with one attached hydrogen (secondary N) is 1. The maximum atomic E-state index is 12.8. The maximum absolute atomic E-state index is 12.8. The van der Waals surface area contributed by atoms with Gasteiger partial charge in [-0.05, 0) is 43.0 Å². The van der Waals surface area contributed by atoms with Gasteiger partial charge in [0.05, 0.1) is 17.1 Å². The molecule has 1 aromatic heterocycles. The van der Waals surface area contributed by atoms with Crippen molar-refractivity contribution in [3.8, 4) is 5.75 Å². The van der Waals surface area contributed by atoms with E-state index in [1.54, 1.807) is 0 Å². The first-order chi connectivity index (χ1) is 13.2. The third kappa shape index (κ3) is 3.54. The van der Waals surface area contributed by atoms with Gasteiger partial charge in [0, 0.05) is 11.9 Å². The molecule has 1 amide bonds. The Labute approximate surface area is 164 Å². The molecule has 4 rings (SSSR count). The smallest absolute Gasteiger partial charge is 0.267 e. The first-order valence-electron chi connectivity index (χ1n) is 9.48. The van der Waals surface area contributed by atoms with Crippen molar-refractivity contribution in [1.82, 2.24) is 9.88 Å². The van der Waals surface area contributed by atoms with E-state index in [9.17, 15) is 4.79 Å². The number of nitrogens with zero attached hydrogens (tertiary/aromatic N) is 1. The summed E-state index contributed by atoms with van der Waals surface area (Å²) in [6, 6.07) is 15.9. The number of aromatic nitrogens is 1. The van der Waals surface area contributed by atoms with Crippen molar-refractivity contribution in [3.05, 3.63) is 64.8 Å². The fourth-order valence-electron chi connectivity index (χ4n) is 3.65. The van der Waals surface area contributed by atoms with Crippen LogP contribution >= 0.6 is 11.6 Å². The Kier molecular flexibility index (Phi) is 5.08. The third-order valence-electron chi connectivity index (χ3n) is 5.11. The average Bonchev–Trinajstić information content (AvgIpc) is 3.09. The molecule has 0 aliphatic carbocycles. The number of amides is 1. The number of ether oxygens (including phenoxy) is 1. The molecule has 0 fully saturated rings. The fraction of sp³-hybridized carbons (Fsp3) is 0.318. The Morgan fingerprint density at radius 3 is 2.85 bits per heavy atom. The molecule has 1 N–H and O–H groups in total. The SMILES string of the molecule is CC[C@H]1Cn2c(C(=O)NCCCc3ccccc3)cc3c(Cl)ccc(c32)O1. The van der Waals surface area contributed by atoms with Crippen LogP contribution in [-0.4, -0.2) is 23.1 Å². The Morgan fingerprint density at radius 1 is 1.26 bits per heavy atom. The summed E-state index contributed by atoms with van der Waals surface area (Å²) < 4.78 is 8.09. The van der Waals surface area contributed by atoms with Gasteiger partial charge in [-0.25, -0.2) is 0 Å². The number of aryl methyl sites for hydroxylation is 1. The molecule has 1 aliphatic heterocycles. The van der Waals surface area contributed by atoms with Gasteiger partial charge in [-0.15, -0.1) is 0 Å². The number of rotatable bonds is 6. The largest absolute Gasteiger partial charge is 0.486 e. The second-order valence-electron chi connectivity index (χ2n) is 6.94. The first-order valence-corrected chi connectivity index (χ1v) is 9.85. The van der Waals surface area contributed by atoms with E-state index >= 15 is 0 Å². The van der Waals surface area contributed by atoms with Gasteiger partial charge in [0.15, 0.2) is 0 Å². The molecule has 2 aromatic carbocycles. The molecular formula is C22H23ClN2O2. The third-order valence-corrected chi connectivity index (χ3v) is 5.44. The van der Waals surface area contributed by atoms with Gasteiger partial charge in [-0.1, -0.05) is 48.9 Å². The van der Waals surface area contributed by atoms with Crippen molar-refractivity contribution in [2.75, 3.05) is 6.54 Å². The predicted molar refractivity (Wildman–Crippen MR) is 109 cm³/mol. The minimum Gasteiger partial charge on any atom is -0.486 e. The molecule has 1 aliphatic rings. The van der Waals surface area contributed by atoms with E-state index in [1.165, 1.54) is 5.56 Å². The summed E-state index contributed by atoms with van der Waals surface area (Å²) in [5, 5.41) is 4.57. The second-order valence-corrected chi connectivity index (χ2v) is 7.35. The molecule has 0 unspecified atom stereocenters. The van der Waals surface area contributed by atoms with Crippen molar-refractivity contribution in [3.63, 3.8) is 0 Å². The van der Waals surface area contributed by atoms with E-state index in [-0.39, 0.29) is 12.0 Å². The highest BCUT2D eigenvalue weighted by atomic mass is 35.5. The minimum absolute atomic E-state index is 0.0574. The predicted octanol–water partition coefficient (Wildman–Crippen LogP) is 4.83. The lowest BCUT2D eigenvalue weighted by Gasteiger charge is -2.26. The molecule has 140 valence electrons. The van der Waals surface area contributed by atoms with Gasteiger partial charge in [0.1, 0.15) is 17.5 Å². The molecule has 1 atom stereocenters. The molecule has 5 heteroatoms. The number of carbonyl (C=O) groups is 1. The molecule has 4 nitrogen and oxygen atoms in total. The number of hydrogen-bond acceptors (Lipinski definition) is 2. The van der Waals surface area contributed by atoms with Crippen LogP contribution in [0.1, 0.15) is 35.8 Å². The van der Waals surface area contributed by atoms with E-state index in [1.807, 2.05) is 36.4 Å². The summed E-state index contributed by atoms with van der Waals surface area (Å²) in [5.74, 6) is 0.744. The molecule has 2 heterocycles. The van der Waals surface area contributed by atoms with Crippen LogP contribution in [0.2, 0.25) is 5.02 Å². The topological polar surface area (TPSA) is 43.3 Å². The first kappa shape index (κ1) is 17.9. The lowest BCUT2D eigenvalue weighted by Crippen LogP contribution is -2.32. The van der Waals surface area contributed by atoms with Crippen molar-refractivity contribution in [1.29, 1.82) is 0 Å². The van der Waals surface area contributed by atoms with Crippen molar-refractivity contribution in [2.45, 2.75) is 38.8 Å². The molecule has 27 heavy (non-hydrogen) atoms. The minimum atomic E-state index is -0.0574. The molecule has 0 spiro atoms. The number of carbonyl (C=O) groups excluding carboxylic acids is 1. The van der Waals surface area contributed by atoms with Crippen LogP contribution in [0, 0.1) is 0 Å². The molecule has 0 saturated carbocycles. The quantitative estimate of drug-likeness (QED) is 0.620. The van der Waals surface area contributed by atoms with Gasteiger partial charge >= 0.3 is 0 Å². The summed E-state index contributed by atoms with van der Waals surface area (Å²) in [7, 11) is 0. The van der Waals surface area contributed by atoms with Gasteiger partial charge in [-0.3, -0.25) is 4.79 Å². The van der Waals surface area contributed by atoms with Crippen LogP contribution in [0.25, 0.3) is 10.9 Å². The van der Waals surface area contributed by atoms with Crippen LogP contribution in [0.4, 0.5) is 0 Å². The van der Waals surface area contributed by atoms with E-state index < -0.39 is 0 Å². The second kappa shape index (κ2) is 7.65. The molecule has 0 bridgehead atoms.